The van der Waals surface area contributed by atoms with Crippen LogP contribution in [0, 0.1) is 6.92 Å². The third-order valence-electron chi connectivity index (χ3n) is 3.03. The lowest BCUT2D eigenvalue weighted by Gasteiger charge is -2.28. The molecule has 0 fully saturated rings. The van der Waals surface area contributed by atoms with E-state index in [-0.39, 0.29) is 18.0 Å². The fourth-order valence-electron chi connectivity index (χ4n) is 1.84. The van der Waals surface area contributed by atoms with Crippen molar-refractivity contribution in [3.05, 3.63) is 42.5 Å². The Kier molecular flexibility index (Phi) is 5.72. The van der Waals surface area contributed by atoms with Gasteiger partial charge in [-0.05, 0) is 25.5 Å². The number of sulfonamides is 1. The molecule has 0 saturated carbocycles. The molecule has 0 unspecified atom stereocenters. The zero-order valence-electron chi connectivity index (χ0n) is 11.4. The molecule has 0 aromatic heterocycles. The minimum atomic E-state index is -3.60. The molecule has 0 heterocycles. The molecule has 19 heavy (non-hydrogen) atoms. The van der Waals surface area contributed by atoms with E-state index >= 15 is 0 Å². The van der Waals surface area contributed by atoms with Crippen LogP contribution in [0.15, 0.2) is 41.8 Å². The van der Waals surface area contributed by atoms with Gasteiger partial charge in [-0.25, -0.2) is 8.42 Å². The van der Waals surface area contributed by atoms with Crippen LogP contribution >= 0.6 is 0 Å². The van der Waals surface area contributed by atoms with E-state index in [1.165, 1.54) is 10.4 Å². The van der Waals surface area contributed by atoms with Crippen LogP contribution in [0.1, 0.15) is 18.9 Å². The summed E-state index contributed by atoms with van der Waals surface area (Å²) < 4.78 is 26.4. The molecule has 0 aliphatic carbocycles. The van der Waals surface area contributed by atoms with Gasteiger partial charge in [-0.3, -0.25) is 0 Å². The summed E-state index contributed by atoms with van der Waals surface area (Å²) in [6.07, 6.45) is 2.08. The van der Waals surface area contributed by atoms with E-state index in [4.69, 9.17) is 0 Å². The minimum absolute atomic E-state index is 0.190. The van der Waals surface area contributed by atoms with Crippen LogP contribution in [0.5, 0.6) is 0 Å². The molecule has 1 rings (SSSR count). The van der Waals surface area contributed by atoms with Crippen molar-refractivity contribution in [2.75, 3.05) is 13.2 Å². The van der Waals surface area contributed by atoms with Gasteiger partial charge in [0.05, 0.1) is 11.5 Å². The molecule has 0 radical (unpaired) electrons. The predicted octanol–water partition coefficient (Wildman–Crippen LogP) is 1.94. The second kappa shape index (κ2) is 6.84. The highest BCUT2D eigenvalue weighted by Gasteiger charge is 2.29. The largest absolute Gasteiger partial charge is 0.395 e. The van der Waals surface area contributed by atoms with Crippen LogP contribution < -0.4 is 0 Å². The Bertz CT molecular complexity index is 504. The molecule has 0 aliphatic heterocycles. The monoisotopic (exact) mass is 283 g/mol. The molecule has 4 nitrogen and oxygen atoms in total. The first kappa shape index (κ1) is 15.9. The maximum atomic E-state index is 12.6. The summed E-state index contributed by atoms with van der Waals surface area (Å²) in [5.41, 5.74) is 1.00. The van der Waals surface area contributed by atoms with E-state index < -0.39 is 16.1 Å². The van der Waals surface area contributed by atoms with Crippen molar-refractivity contribution in [1.29, 1.82) is 0 Å². The molecular formula is C14H21NO3S. The number of hydrogen-bond donors (Lipinski definition) is 1. The van der Waals surface area contributed by atoms with E-state index in [1.807, 2.05) is 13.8 Å². The zero-order valence-corrected chi connectivity index (χ0v) is 12.2. The molecule has 5 heteroatoms. The lowest BCUT2D eigenvalue weighted by atomic mass is 10.2. The minimum Gasteiger partial charge on any atom is -0.395 e. The van der Waals surface area contributed by atoms with E-state index in [0.717, 1.165) is 5.56 Å². The van der Waals surface area contributed by atoms with Crippen LogP contribution in [0.3, 0.4) is 0 Å². The summed E-state index contributed by atoms with van der Waals surface area (Å²) in [5.74, 6) is 0. The Labute approximate surface area is 115 Å². The van der Waals surface area contributed by atoms with Gasteiger partial charge in [-0.2, -0.15) is 4.31 Å². The standard InChI is InChI=1S/C14H21NO3S/c1-4-10-15(13(5-2)11-16)19(17,18)14-8-6-12(3)7-9-14/h4,6-9,13,16H,1,5,10-11H2,2-3H3/t13-/m0/s1. The molecule has 1 aromatic rings. The number of hydrogen-bond acceptors (Lipinski definition) is 3. The van der Waals surface area contributed by atoms with Crippen molar-refractivity contribution in [2.45, 2.75) is 31.2 Å². The number of nitrogens with zero attached hydrogens (tertiary/aromatic N) is 1. The summed E-state index contributed by atoms with van der Waals surface area (Å²) in [5, 5.41) is 9.34. The Hall–Kier alpha value is -1.17. The molecule has 1 N–H and O–H groups in total. The van der Waals surface area contributed by atoms with Crippen LogP contribution in [-0.2, 0) is 10.0 Å². The third-order valence-corrected chi connectivity index (χ3v) is 4.96. The molecule has 0 saturated heterocycles. The summed E-state index contributed by atoms with van der Waals surface area (Å²) >= 11 is 0. The van der Waals surface area contributed by atoms with Gasteiger partial charge in [0.25, 0.3) is 0 Å². The average molecular weight is 283 g/mol. The van der Waals surface area contributed by atoms with Crippen molar-refractivity contribution < 1.29 is 13.5 Å². The normalized spacial score (nSPS) is 13.5. The van der Waals surface area contributed by atoms with Gasteiger partial charge in [0, 0.05) is 12.6 Å². The van der Waals surface area contributed by atoms with Gasteiger partial charge in [0.2, 0.25) is 10.0 Å². The summed E-state index contributed by atoms with van der Waals surface area (Å²) in [4.78, 5) is 0.242. The maximum absolute atomic E-state index is 12.6. The van der Waals surface area contributed by atoms with Gasteiger partial charge < -0.3 is 5.11 Å². The van der Waals surface area contributed by atoms with Gasteiger partial charge in [-0.1, -0.05) is 30.7 Å². The van der Waals surface area contributed by atoms with Crippen LogP contribution in [-0.4, -0.2) is 37.0 Å². The van der Waals surface area contributed by atoms with Gasteiger partial charge in [0.1, 0.15) is 0 Å². The Morgan fingerprint density at radius 3 is 2.37 bits per heavy atom. The number of rotatable bonds is 7. The van der Waals surface area contributed by atoms with Gasteiger partial charge >= 0.3 is 0 Å². The first-order valence-corrected chi connectivity index (χ1v) is 7.71. The molecular weight excluding hydrogens is 262 g/mol. The predicted molar refractivity (Wildman–Crippen MR) is 76.4 cm³/mol. The topological polar surface area (TPSA) is 57.6 Å². The molecule has 1 aromatic carbocycles. The number of aliphatic hydroxyl groups excluding tert-OH is 1. The van der Waals surface area contributed by atoms with Crippen LogP contribution in [0.25, 0.3) is 0 Å². The van der Waals surface area contributed by atoms with E-state index in [9.17, 15) is 13.5 Å². The van der Waals surface area contributed by atoms with E-state index in [1.54, 1.807) is 24.3 Å². The summed E-state index contributed by atoms with van der Waals surface area (Å²) in [6.45, 7) is 7.33. The lowest BCUT2D eigenvalue weighted by molar-refractivity contribution is 0.190. The summed E-state index contributed by atoms with van der Waals surface area (Å²) in [7, 11) is -3.60. The fraction of sp³-hybridized carbons (Fsp3) is 0.429. The van der Waals surface area contributed by atoms with Gasteiger partial charge in [-0.15, -0.1) is 6.58 Å². The Morgan fingerprint density at radius 2 is 1.95 bits per heavy atom. The zero-order chi connectivity index (χ0) is 14.5. The highest BCUT2D eigenvalue weighted by Crippen LogP contribution is 2.20. The summed E-state index contributed by atoms with van der Waals surface area (Å²) in [6, 6.07) is 6.28. The Balaban J connectivity index is 3.19. The molecule has 0 amide bonds. The average Bonchev–Trinajstić information content (AvgIpc) is 2.39. The number of benzene rings is 1. The van der Waals surface area contributed by atoms with Crippen molar-refractivity contribution in [2.24, 2.45) is 0 Å². The first-order chi connectivity index (χ1) is 8.97. The first-order valence-electron chi connectivity index (χ1n) is 6.27. The lowest BCUT2D eigenvalue weighted by Crippen LogP contribution is -2.42. The van der Waals surface area contributed by atoms with Crippen molar-refractivity contribution in [3.8, 4) is 0 Å². The second-order valence-electron chi connectivity index (χ2n) is 4.42. The van der Waals surface area contributed by atoms with Crippen LogP contribution in [0.4, 0.5) is 0 Å². The Morgan fingerprint density at radius 1 is 1.37 bits per heavy atom. The van der Waals surface area contributed by atoms with Gasteiger partial charge in [0.15, 0.2) is 0 Å². The number of aliphatic hydroxyl groups is 1. The highest BCUT2D eigenvalue weighted by molar-refractivity contribution is 7.89. The maximum Gasteiger partial charge on any atom is 0.243 e. The quantitative estimate of drug-likeness (QED) is 0.778. The molecule has 1 atom stereocenters. The SMILES string of the molecule is C=CCN([C@@H](CC)CO)S(=O)(=O)c1ccc(C)cc1. The second-order valence-corrected chi connectivity index (χ2v) is 6.31. The van der Waals surface area contributed by atoms with Crippen LogP contribution in [0.2, 0.25) is 0 Å². The molecule has 0 bridgehead atoms. The fourth-order valence-corrected chi connectivity index (χ4v) is 3.50. The number of aryl methyl sites for hydroxylation is 1. The smallest absolute Gasteiger partial charge is 0.243 e. The van der Waals surface area contributed by atoms with Crippen molar-refractivity contribution in [1.82, 2.24) is 4.31 Å². The van der Waals surface area contributed by atoms with E-state index in [0.29, 0.717) is 6.42 Å². The van der Waals surface area contributed by atoms with Crippen molar-refractivity contribution in [3.63, 3.8) is 0 Å². The molecule has 106 valence electrons. The molecule has 0 spiro atoms. The van der Waals surface area contributed by atoms with Crippen molar-refractivity contribution >= 4 is 10.0 Å². The molecule has 0 aliphatic rings. The third kappa shape index (κ3) is 3.65. The van der Waals surface area contributed by atoms with E-state index in [2.05, 4.69) is 6.58 Å². The highest BCUT2D eigenvalue weighted by atomic mass is 32.2.